The minimum atomic E-state index is 0.125. The maximum absolute atomic E-state index is 7.08. The number of nitrogens with one attached hydrogen (secondary N) is 2. The molecule has 5 heteroatoms. The second kappa shape index (κ2) is 14.5. The average Bonchev–Trinajstić information content (AvgIpc) is 2.84. The molecule has 0 aliphatic rings. The molecular weight excluding hydrogens is 460 g/mol. The highest BCUT2D eigenvalue weighted by Crippen LogP contribution is 2.30. The van der Waals surface area contributed by atoms with Crippen molar-refractivity contribution in [2.24, 2.45) is 11.7 Å². The third-order valence-corrected chi connectivity index (χ3v) is 5.59. The van der Waals surface area contributed by atoms with E-state index < -0.39 is 0 Å². The Kier molecular flexibility index (Phi) is 12.1. The molecule has 0 bridgehead atoms. The Morgan fingerprint density at radius 2 is 1.53 bits per heavy atom. The highest BCUT2D eigenvalue weighted by atomic mass is 32.1. The first-order valence-corrected chi connectivity index (χ1v) is 12.1. The van der Waals surface area contributed by atoms with E-state index in [9.17, 15) is 0 Å². The molecule has 4 nitrogen and oxygen atoms in total. The maximum atomic E-state index is 7.08. The van der Waals surface area contributed by atoms with Crippen molar-refractivity contribution in [3.8, 4) is 24.0 Å². The van der Waals surface area contributed by atoms with Gasteiger partial charge in [0.25, 0.3) is 0 Å². The number of nitrogens with two attached hydrogens (primary N) is 2. The van der Waals surface area contributed by atoms with E-state index in [2.05, 4.69) is 63.7 Å². The van der Waals surface area contributed by atoms with Crippen LogP contribution in [0.5, 0.6) is 0 Å². The van der Waals surface area contributed by atoms with Gasteiger partial charge in [-0.2, -0.15) is 0 Å². The molecular formula is C31H38N4S. The SMILES string of the molecule is C#C.C=C(NCC(C)C)c1ccc(-c2ccc(N)cc2C(C)=S)c(C)c1.Cc1ccc(C(=N)N)cc1. The average molecular weight is 499 g/mol. The van der Waals surface area contributed by atoms with Gasteiger partial charge in [-0.15, -0.1) is 12.8 Å². The van der Waals surface area contributed by atoms with Crippen LogP contribution in [0, 0.1) is 38.0 Å². The van der Waals surface area contributed by atoms with E-state index in [0.717, 1.165) is 45.0 Å². The van der Waals surface area contributed by atoms with Crippen molar-refractivity contribution >= 4 is 34.3 Å². The summed E-state index contributed by atoms with van der Waals surface area (Å²) < 4.78 is 0. The molecule has 36 heavy (non-hydrogen) atoms. The fourth-order valence-corrected chi connectivity index (χ4v) is 3.57. The summed E-state index contributed by atoms with van der Waals surface area (Å²) in [4.78, 5) is 0.851. The lowest BCUT2D eigenvalue weighted by Gasteiger charge is -2.16. The Balaban J connectivity index is 0.000000450. The largest absolute Gasteiger partial charge is 0.399 e. The molecule has 0 aromatic heterocycles. The first-order chi connectivity index (χ1) is 17.0. The molecule has 0 saturated heterocycles. The van der Waals surface area contributed by atoms with Crippen LogP contribution < -0.4 is 16.8 Å². The van der Waals surface area contributed by atoms with Gasteiger partial charge >= 0.3 is 0 Å². The highest BCUT2D eigenvalue weighted by Gasteiger charge is 2.11. The minimum absolute atomic E-state index is 0.125. The summed E-state index contributed by atoms with van der Waals surface area (Å²) in [6.07, 6.45) is 8.00. The van der Waals surface area contributed by atoms with Crippen molar-refractivity contribution < 1.29 is 0 Å². The lowest BCUT2D eigenvalue weighted by Crippen LogP contribution is -2.17. The van der Waals surface area contributed by atoms with Crippen molar-refractivity contribution in [2.75, 3.05) is 12.3 Å². The third-order valence-electron chi connectivity index (χ3n) is 5.37. The van der Waals surface area contributed by atoms with Crippen LogP contribution in [0.25, 0.3) is 16.8 Å². The van der Waals surface area contributed by atoms with E-state index >= 15 is 0 Å². The van der Waals surface area contributed by atoms with Gasteiger partial charge < -0.3 is 16.8 Å². The molecule has 188 valence electrons. The van der Waals surface area contributed by atoms with E-state index in [0.29, 0.717) is 5.92 Å². The summed E-state index contributed by atoms with van der Waals surface area (Å²) in [7, 11) is 0. The molecule has 0 saturated carbocycles. The van der Waals surface area contributed by atoms with Crippen LogP contribution in [-0.4, -0.2) is 17.2 Å². The van der Waals surface area contributed by atoms with Crippen LogP contribution in [0.2, 0.25) is 0 Å². The molecule has 6 N–H and O–H groups in total. The number of nitrogen functional groups attached to an aromatic ring is 2. The van der Waals surface area contributed by atoms with Gasteiger partial charge in [-0.3, -0.25) is 5.41 Å². The number of rotatable bonds is 7. The fraction of sp³-hybridized carbons (Fsp3) is 0.226. The number of hydrogen-bond acceptors (Lipinski definition) is 4. The van der Waals surface area contributed by atoms with Crippen LogP contribution in [0.1, 0.15) is 48.6 Å². The molecule has 3 aromatic rings. The van der Waals surface area contributed by atoms with Gasteiger partial charge in [0, 0.05) is 28.4 Å². The van der Waals surface area contributed by atoms with Crippen molar-refractivity contribution in [1.82, 2.24) is 5.32 Å². The Hall–Kier alpha value is -3.88. The lowest BCUT2D eigenvalue weighted by atomic mass is 9.92. The predicted molar refractivity (Wildman–Crippen MR) is 162 cm³/mol. The number of anilines is 1. The van der Waals surface area contributed by atoms with Crippen molar-refractivity contribution in [2.45, 2.75) is 34.6 Å². The summed E-state index contributed by atoms with van der Waals surface area (Å²) >= 11 is 5.40. The molecule has 0 radical (unpaired) electrons. The smallest absolute Gasteiger partial charge is 0.122 e. The molecule has 0 heterocycles. The van der Waals surface area contributed by atoms with Gasteiger partial charge in [0.05, 0.1) is 0 Å². The van der Waals surface area contributed by atoms with E-state index in [1.807, 2.05) is 56.3 Å². The van der Waals surface area contributed by atoms with Gasteiger partial charge in [-0.1, -0.05) is 80.7 Å². The molecule has 3 rings (SSSR count). The van der Waals surface area contributed by atoms with Crippen molar-refractivity contribution in [3.63, 3.8) is 0 Å². The number of benzene rings is 3. The maximum Gasteiger partial charge on any atom is 0.122 e. The zero-order valence-corrected chi connectivity index (χ0v) is 22.8. The van der Waals surface area contributed by atoms with E-state index in [1.165, 1.54) is 16.7 Å². The summed E-state index contributed by atoms with van der Waals surface area (Å²) in [5.74, 6) is 0.713. The normalized spacial score (nSPS) is 9.78. The Bertz CT molecular complexity index is 1220. The first kappa shape index (κ1) is 30.2. The van der Waals surface area contributed by atoms with Crippen LogP contribution in [0.4, 0.5) is 5.69 Å². The minimum Gasteiger partial charge on any atom is -0.399 e. The molecule has 3 aromatic carbocycles. The lowest BCUT2D eigenvalue weighted by molar-refractivity contribution is 0.618. The van der Waals surface area contributed by atoms with Gasteiger partial charge in [0.1, 0.15) is 5.84 Å². The topological polar surface area (TPSA) is 87.9 Å². The van der Waals surface area contributed by atoms with E-state index in [4.69, 9.17) is 29.1 Å². The number of terminal acetylenes is 1. The number of thiocarbonyl (C=S) groups is 1. The first-order valence-electron chi connectivity index (χ1n) is 11.7. The second-order valence-corrected chi connectivity index (χ2v) is 9.54. The summed E-state index contributed by atoms with van der Waals surface area (Å²) in [5, 5.41) is 10.5. The number of aryl methyl sites for hydroxylation is 2. The second-order valence-electron chi connectivity index (χ2n) is 8.92. The Labute approximate surface area is 222 Å². The molecule has 0 amide bonds. The van der Waals surface area contributed by atoms with Crippen molar-refractivity contribution in [1.29, 1.82) is 5.41 Å². The van der Waals surface area contributed by atoms with Gasteiger partial charge in [-0.25, -0.2) is 0 Å². The fourth-order valence-electron chi connectivity index (χ4n) is 3.40. The number of amidine groups is 1. The zero-order valence-electron chi connectivity index (χ0n) is 22.0. The van der Waals surface area contributed by atoms with E-state index in [1.54, 1.807) is 0 Å². The van der Waals surface area contributed by atoms with Gasteiger partial charge in [0.15, 0.2) is 0 Å². The molecule has 0 aliphatic carbocycles. The monoisotopic (exact) mass is 498 g/mol. The van der Waals surface area contributed by atoms with Crippen LogP contribution in [0.3, 0.4) is 0 Å². The quantitative estimate of drug-likeness (QED) is 0.0726. The highest BCUT2D eigenvalue weighted by molar-refractivity contribution is 7.80. The number of hydrogen-bond donors (Lipinski definition) is 4. The summed E-state index contributed by atoms with van der Waals surface area (Å²) in [6.45, 7) is 15.5. The predicted octanol–water partition coefficient (Wildman–Crippen LogP) is 6.73. The van der Waals surface area contributed by atoms with E-state index in [-0.39, 0.29) is 5.84 Å². The zero-order chi connectivity index (χ0) is 27.4. The van der Waals surface area contributed by atoms with Crippen LogP contribution >= 0.6 is 12.2 Å². The standard InChI is InChI=1S/C21H26N2S.C8H10N2.C2H2/c1-13(2)12-23-15(4)17-6-8-19(14(3)10-17)20-9-7-18(22)11-21(20)16(5)24;1-6-2-4-7(5-3-6)8(9)10;1-2/h6-11,13,23H,4,12,22H2,1-3,5H3;2-5H,1H3,(H3,9,10);1-2H. The molecule has 0 atom stereocenters. The molecule has 0 spiro atoms. The van der Waals surface area contributed by atoms with Gasteiger partial charge in [0.2, 0.25) is 0 Å². The molecule has 0 aliphatic heterocycles. The Morgan fingerprint density at radius 3 is 2.03 bits per heavy atom. The summed E-state index contributed by atoms with van der Waals surface area (Å²) in [5.41, 5.74) is 20.5. The van der Waals surface area contributed by atoms with Crippen LogP contribution in [0.15, 0.2) is 67.2 Å². The molecule has 0 fully saturated rings. The molecule has 0 unspecified atom stereocenters. The van der Waals surface area contributed by atoms with Gasteiger partial charge in [-0.05, 0) is 72.7 Å². The third kappa shape index (κ3) is 9.05. The Morgan fingerprint density at radius 1 is 0.972 bits per heavy atom. The van der Waals surface area contributed by atoms with Crippen molar-refractivity contribution in [3.05, 3.63) is 95.1 Å². The van der Waals surface area contributed by atoms with Crippen LogP contribution in [-0.2, 0) is 0 Å². The summed E-state index contributed by atoms with van der Waals surface area (Å²) in [6, 6.07) is 19.9.